The number of piperidine rings is 2. The van der Waals surface area contributed by atoms with Crippen LogP contribution < -0.4 is 10.6 Å². The number of aromatic amines is 1. The third-order valence-corrected chi connectivity index (χ3v) is 5.47. The minimum absolute atomic E-state index is 0.0280. The Bertz CT molecular complexity index is 847. The number of fused-ring (bicyclic) bond motifs is 2. The predicted octanol–water partition coefficient (Wildman–Crippen LogP) is 2.56. The molecule has 2 saturated heterocycles. The quantitative estimate of drug-likeness (QED) is 0.476. The molecular formula is C17H22ClN7O3. The van der Waals surface area contributed by atoms with E-state index in [9.17, 15) is 9.90 Å². The lowest BCUT2D eigenvalue weighted by molar-refractivity contribution is 0.0385. The molecule has 3 atom stereocenters. The van der Waals surface area contributed by atoms with Crippen LogP contribution >= 0.6 is 11.6 Å². The summed E-state index contributed by atoms with van der Waals surface area (Å²) in [5.74, 6) is 1.37. The number of hydrogen-bond donors (Lipinski definition) is 5. The lowest BCUT2D eigenvalue weighted by atomic mass is 9.82. The normalized spacial score (nSPS) is 24.1. The monoisotopic (exact) mass is 407 g/mol. The van der Waals surface area contributed by atoms with Crippen LogP contribution in [0.25, 0.3) is 0 Å². The van der Waals surface area contributed by atoms with E-state index in [0.29, 0.717) is 23.3 Å². The standard InChI is InChI=1S/C17H22ClN7O3/c18-13-7-14(21-15-6-10(8-26)23-24-15)22-16(20-13)19-9-4-11-2-1-3-12(5-9)25(11)17(27)28/h6-7,9,11-12,26H,1-5,8H2,(H,27,28)(H3,19,20,21,22,23,24)/t9-,11+,12-. The van der Waals surface area contributed by atoms with Crippen molar-refractivity contribution in [3.8, 4) is 0 Å². The Morgan fingerprint density at radius 1 is 1.25 bits per heavy atom. The maximum atomic E-state index is 11.6. The molecule has 0 spiro atoms. The third kappa shape index (κ3) is 3.97. The van der Waals surface area contributed by atoms with Crippen molar-refractivity contribution < 1.29 is 15.0 Å². The minimum Gasteiger partial charge on any atom is -0.465 e. The number of hydrogen-bond acceptors (Lipinski definition) is 7. The van der Waals surface area contributed by atoms with Gasteiger partial charge in [0.1, 0.15) is 11.0 Å². The summed E-state index contributed by atoms with van der Waals surface area (Å²) in [5, 5.41) is 32.0. The molecule has 2 fully saturated rings. The molecule has 2 aromatic heterocycles. The number of aliphatic hydroxyl groups is 1. The topological polar surface area (TPSA) is 139 Å². The van der Waals surface area contributed by atoms with E-state index < -0.39 is 6.09 Å². The third-order valence-electron chi connectivity index (χ3n) is 5.28. The van der Waals surface area contributed by atoms with Gasteiger partial charge in [0.15, 0.2) is 5.82 Å². The van der Waals surface area contributed by atoms with Gasteiger partial charge < -0.3 is 25.7 Å². The SMILES string of the molecule is O=C(O)N1[C@@H]2CCC[C@H]1C[C@@H](Nc1nc(Cl)cc(Nc3cc(CO)[nH]n3)n1)C2. The van der Waals surface area contributed by atoms with E-state index in [-0.39, 0.29) is 29.9 Å². The molecule has 150 valence electrons. The van der Waals surface area contributed by atoms with E-state index in [1.165, 1.54) is 0 Å². The van der Waals surface area contributed by atoms with Crippen molar-refractivity contribution in [1.82, 2.24) is 25.1 Å². The van der Waals surface area contributed by atoms with E-state index in [1.807, 2.05) is 0 Å². The summed E-state index contributed by atoms with van der Waals surface area (Å²) in [6.07, 6.45) is 3.45. The lowest BCUT2D eigenvalue weighted by Crippen LogP contribution is -2.56. The van der Waals surface area contributed by atoms with Crippen LogP contribution in [0.3, 0.4) is 0 Å². The Morgan fingerprint density at radius 3 is 2.64 bits per heavy atom. The first kappa shape index (κ1) is 18.8. The minimum atomic E-state index is -0.833. The number of aromatic nitrogens is 4. The number of rotatable bonds is 5. The van der Waals surface area contributed by atoms with E-state index in [2.05, 4.69) is 30.8 Å². The summed E-state index contributed by atoms with van der Waals surface area (Å²) in [6, 6.07) is 3.40. The number of aliphatic hydroxyl groups excluding tert-OH is 1. The maximum Gasteiger partial charge on any atom is 0.407 e. The van der Waals surface area contributed by atoms with Gasteiger partial charge in [-0.05, 0) is 32.1 Å². The van der Waals surface area contributed by atoms with Crippen LogP contribution in [0.5, 0.6) is 0 Å². The molecule has 0 aliphatic carbocycles. The number of nitrogens with zero attached hydrogens (tertiary/aromatic N) is 4. The second-order valence-electron chi connectivity index (χ2n) is 7.20. The van der Waals surface area contributed by atoms with Crippen LogP contribution in [-0.4, -0.2) is 59.5 Å². The zero-order chi connectivity index (χ0) is 19.7. The Labute approximate surface area is 166 Å². The van der Waals surface area contributed by atoms with Crippen molar-refractivity contribution in [3.05, 3.63) is 23.0 Å². The van der Waals surface area contributed by atoms with Gasteiger partial charge in [-0.25, -0.2) is 9.78 Å². The number of anilines is 3. The molecule has 10 nitrogen and oxygen atoms in total. The van der Waals surface area contributed by atoms with Crippen LogP contribution in [0, 0.1) is 0 Å². The van der Waals surface area contributed by atoms with Crippen LogP contribution in [-0.2, 0) is 6.61 Å². The average molecular weight is 408 g/mol. The number of amides is 1. The summed E-state index contributed by atoms with van der Waals surface area (Å²) < 4.78 is 0. The zero-order valence-electron chi connectivity index (χ0n) is 15.1. The summed E-state index contributed by atoms with van der Waals surface area (Å²) in [4.78, 5) is 21.9. The second-order valence-corrected chi connectivity index (χ2v) is 7.59. The fourth-order valence-corrected chi connectivity index (χ4v) is 4.36. The number of carboxylic acid groups (broad SMARTS) is 1. The van der Waals surface area contributed by atoms with Gasteiger partial charge in [0.05, 0.1) is 12.3 Å². The van der Waals surface area contributed by atoms with Gasteiger partial charge >= 0.3 is 6.09 Å². The first-order valence-electron chi connectivity index (χ1n) is 9.26. The Balaban J connectivity index is 1.46. The molecule has 28 heavy (non-hydrogen) atoms. The molecular weight excluding hydrogens is 386 g/mol. The van der Waals surface area contributed by atoms with Crippen molar-refractivity contribution in [2.24, 2.45) is 0 Å². The Hall–Kier alpha value is -2.59. The molecule has 0 aromatic carbocycles. The number of H-pyrrole nitrogens is 1. The summed E-state index contributed by atoms with van der Waals surface area (Å²) in [7, 11) is 0. The van der Waals surface area contributed by atoms with Crippen LogP contribution in [0.15, 0.2) is 12.1 Å². The highest BCUT2D eigenvalue weighted by atomic mass is 35.5. The molecule has 0 unspecified atom stereocenters. The summed E-state index contributed by atoms with van der Waals surface area (Å²) >= 11 is 6.14. The first-order valence-corrected chi connectivity index (χ1v) is 9.64. The average Bonchev–Trinajstić information content (AvgIpc) is 3.07. The van der Waals surface area contributed by atoms with E-state index in [4.69, 9.17) is 16.7 Å². The Kier molecular flexibility index (Phi) is 5.23. The van der Waals surface area contributed by atoms with Crippen molar-refractivity contribution in [1.29, 1.82) is 0 Å². The van der Waals surface area contributed by atoms with Crippen LogP contribution in [0.4, 0.5) is 22.4 Å². The predicted molar refractivity (Wildman–Crippen MR) is 103 cm³/mol. The van der Waals surface area contributed by atoms with E-state index in [0.717, 1.165) is 32.1 Å². The molecule has 4 rings (SSSR count). The van der Waals surface area contributed by atoms with E-state index in [1.54, 1.807) is 17.0 Å². The molecule has 2 bridgehead atoms. The number of carbonyl (C=O) groups is 1. The molecule has 11 heteroatoms. The smallest absolute Gasteiger partial charge is 0.407 e. The molecule has 0 saturated carbocycles. The molecule has 5 N–H and O–H groups in total. The Morgan fingerprint density at radius 2 is 2.00 bits per heavy atom. The van der Waals surface area contributed by atoms with Crippen molar-refractivity contribution in [2.75, 3.05) is 10.6 Å². The fraction of sp³-hybridized carbons (Fsp3) is 0.529. The lowest BCUT2D eigenvalue weighted by Gasteiger charge is -2.47. The van der Waals surface area contributed by atoms with Gasteiger partial charge in [-0.3, -0.25) is 5.10 Å². The highest BCUT2D eigenvalue weighted by Crippen LogP contribution is 2.35. The summed E-state index contributed by atoms with van der Waals surface area (Å²) in [5.41, 5.74) is 0.581. The molecule has 2 aromatic rings. The maximum absolute atomic E-state index is 11.6. The number of nitrogens with one attached hydrogen (secondary N) is 3. The highest BCUT2D eigenvalue weighted by molar-refractivity contribution is 6.29. The molecule has 4 heterocycles. The van der Waals surface area contributed by atoms with Gasteiger partial charge in [0, 0.05) is 30.3 Å². The molecule has 2 aliphatic rings. The number of halogens is 1. The van der Waals surface area contributed by atoms with Crippen molar-refractivity contribution in [3.63, 3.8) is 0 Å². The van der Waals surface area contributed by atoms with Gasteiger partial charge in [-0.15, -0.1) is 0 Å². The van der Waals surface area contributed by atoms with Gasteiger partial charge in [0.2, 0.25) is 5.95 Å². The van der Waals surface area contributed by atoms with Crippen LogP contribution in [0.1, 0.15) is 37.8 Å². The highest BCUT2D eigenvalue weighted by Gasteiger charge is 2.41. The fourth-order valence-electron chi connectivity index (χ4n) is 4.18. The van der Waals surface area contributed by atoms with Gasteiger partial charge in [0.25, 0.3) is 0 Å². The second kappa shape index (κ2) is 7.80. The summed E-state index contributed by atoms with van der Waals surface area (Å²) in [6.45, 7) is -0.136. The molecule has 0 radical (unpaired) electrons. The molecule has 1 amide bonds. The van der Waals surface area contributed by atoms with Gasteiger partial charge in [-0.2, -0.15) is 10.1 Å². The first-order chi connectivity index (χ1) is 13.5. The zero-order valence-corrected chi connectivity index (χ0v) is 15.9. The van der Waals surface area contributed by atoms with Crippen molar-refractivity contribution >= 4 is 35.3 Å². The van der Waals surface area contributed by atoms with Gasteiger partial charge in [-0.1, -0.05) is 11.6 Å². The van der Waals surface area contributed by atoms with E-state index >= 15 is 0 Å². The van der Waals surface area contributed by atoms with Crippen molar-refractivity contribution in [2.45, 2.75) is 56.8 Å². The van der Waals surface area contributed by atoms with Crippen LogP contribution in [0.2, 0.25) is 5.15 Å². The largest absolute Gasteiger partial charge is 0.465 e. The molecule has 2 aliphatic heterocycles.